The van der Waals surface area contributed by atoms with Crippen molar-refractivity contribution in [2.75, 3.05) is 20.3 Å². The molecule has 0 rings (SSSR count). The summed E-state index contributed by atoms with van der Waals surface area (Å²) in [6.07, 6.45) is 2.72. The second-order valence-corrected chi connectivity index (χ2v) is 3.57. The maximum atomic E-state index is 11.1. The van der Waals surface area contributed by atoms with Crippen molar-refractivity contribution in [3.63, 3.8) is 0 Å². The second-order valence-electron chi connectivity index (χ2n) is 3.57. The SMILES string of the molecule is CCCCOC(=O)C[C@H](O)CCCOC. The topological polar surface area (TPSA) is 55.8 Å². The number of hydrogen-bond acceptors (Lipinski definition) is 4. The molecule has 0 unspecified atom stereocenters. The Balaban J connectivity index is 3.40. The molecule has 0 aliphatic heterocycles. The quantitative estimate of drug-likeness (QED) is 0.471. The van der Waals surface area contributed by atoms with Gasteiger partial charge in [0.2, 0.25) is 0 Å². The Hall–Kier alpha value is -0.610. The highest BCUT2D eigenvalue weighted by atomic mass is 16.5. The van der Waals surface area contributed by atoms with E-state index in [9.17, 15) is 9.90 Å². The third-order valence-corrected chi connectivity index (χ3v) is 2.05. The molecule has 0 aromatic carbocycles. The second kappa shape index (κ2) is 9.93. The Morgan fingerprint density at radius 3 is 2.67 bits per heavy atom. The summed E-state index contributed by atoms with van der Waals surface area (Å²) in [6, 6.07) is 0. The van der Waals surface area contributed by atoms with Gasteiger partial charge in [0.05, 0.1) is 19.1 Å². The van der Waals surface area contributed by atoms with E-state index in [0.717, 1.165) is 19.3 Å². The van der Waals surface area contributed by atoms with Crippen molar-refractivity contribution in [3.05, 3.63) is 0 Å². The van der Waals surface area contributed by atoms with Crippen LogP contribution in [0.15, 0.2) is 0 Å². The van der Waals surface area contributed by atoms with Crippen LogP contribution in [0.4, 0.5) is 0 Å². The molecule has 0 fully saturated rings. The molecule has 0 radical (unpaired) electrons. The van der Waals surface area contributed by atoms with Crippen LogP contribution in [-0.4, -0.2) is 37.5 Å². The van der Waals surface area contributed by atoms with Gasteiger partial charge >= 0.3 is 5.97 Å². The monoisotopic (exact) mass is 218 g/mol. The number of aliphatic hydroxyl groups excluding tert-OH is 1. The predicted octanol–water partition coefficient (Wildman–Crippen LogP) is 1.51. The first-order valence-corrected chi connectivity index (χ1v) is 5.53. The number of ether oxygens (including phenoxy) is 2. The Bertz CT molecular complexity index is 159. The summed E-state index contributed by atoms with van der Waals surface area (Å²) in [5, 5.41) is 9.45. The predicted molar refractivity (Wildman–Crippen MR) is 57.6 cm³/mol. The molecule has 0 saturated carbocycles. The standard InChI is InChI=1S/C11H22O4/c1-3-4-8-15-11(13)9-10(12)6-5-7-14-2/h10,12H,3-9H2,1-2H3/t10-/m1/s1. The Kier molecular flexibility index (Phi) is 9.52. The highest BCUT2D eigenvalue weighted by Gasteiger charge is 2.11. The van der Waals surface area contributed by atoms with E-state index in [2.05, 4.69) is 0 Å². The van der Waals surface area contributed by atoms with Crippen molar-refractivity contribution in [1.82, 2.24) is 0 Å². The largest absolute Gasteiger partial charge is 0.466 e. The van der Waals surface area contributed by atoms with Gasteiger partial charge in [0.1, 0.15) is 0 Å². The van der Waals surface area contributed by atoms with Gasteiger partial charge < -0.3 is 14.6 Å². The summed E-state index contributed by atoms with van der Waals surface area (Å²) < 4.78 is 9.78. The van der Waals surface area contributed by atoms with Crippen molar-refractivity contribution >= 4 is 5.97 Å². The average Bonchev–Trinajstić information content (AvgIpc) is 2.18. The first-order chi connectivity index (χ1) is 7.20. The van der Waals surface area contributed by atoms with Gasteiger partial charge in [0, 0.05) is 13.7 Å². The Morgan fingerprint density at radius 1 is 1.33 bits per heavy atom. The molecule has 0 spiro atoms. The number of esters is 1. The zero-order chi connectivity index (χ0) is 11.5. The van der Waals surface area contributed by atoms with Crippen molar-refractivity contribution in [2.45, 2.75) is 45.1 Å². The molecule has 0 aliphatic carbocycles. The van der Waals surface area contributed by atoms with Crippen LogP contribution in [0, 0.1) is 0 Å². The van der Waals surface area contributed by atoms with Crippen LogP contribution in [0.2, 0.25) is 0 Å². The van der Waals surface area contributed by atoms with Crippen molar-refractivity contribution < 1.29 is 19.4 Å². The summed E-state index contributed by atoms with van der Waals surface area (Å²) in [5.41, 5.74) is 0. The number of carbonyl (C=O) groups is 1. The van der Waals surface area contributed by atoms with Crippen LogP contribution in [0.25, 0.3) is 0 Å². The van der Waals surface area contributed by atoms with Crippen molar-refractivity contribution in [1.29, 1.82) is 0 Å². The highest BCUT2D eigenvalue weighted by Crippen LogP contribution is 2.03. The van der Waals surface area contributed by atoms with Gasteiger partial charge in [-0.1, -0.05) is 13.3 Å². The molecule has 0 saturated heterocycles. The van der Waals surface area contributed by atoms with Crippen LogP contribution in [0.3, 0.4) is 0 Å². The lowest BCUT2D eigenvalue weighted by molar-refractivity contribution is -0.146. The summed E-state index contributed by atoms with van der Waals surface area (Å²) in [6.45, 7) is 3.11. The molecule has 1 atom stereocenters. The van der Waals surface area contributed by atoms with Crippen LogP contribution in [0.1, 0.15) is 39.0 Å². The molecule has 0 aliphatic rings. The zero-order valence-electron chi connectivity index (χ0n) is 9.70. The van der Waals surface area contributed by atoms with Gasteiger partial charge in [-0.05, 0) is 19.3 Å². The van der Waals surface area contributed by atoms with E-state index in [0.29, 0.717) is 19.6 Å². The van der Waals surface area contributed by atoms with E-state index in [4.69, 9.17) is 9.47 Å². The lowest BCUT2D eigenvalue weighted by atomic mass is 10.1. The van der Waals surface area contributed by atoms with Crippen LogP contribution >= 0.6 is 0 Å². The van der Waals surface area contributed by atoms with E-state index in [1.54, 1.807) is 7.11 Å². The minimum Gasteiger partial charge on any atom is -0.466 e. The molecule has 0 aromatic rings. The molecule has 4 heteroatoms. The summed E-state index contributed by atoms with van der Waals surface area (Å²) in [4.78, 5) is 11.1. The van der Waals surface area contributed by atoms with E-state index < -0.39 is 6.10 Å². The first kappa shape index (κ1) is 14.4. The van der Waals surface area contributed by atoms with E-state index >= 15 is 0 Å². The molecule has 0 heterocycles. The highest BCUT2D eigenvalue weighted by molar-refractivity contribution is 5.69. The Morgan fingerprint density at radius 2 is 2.07 bits per heavy atom. The number of hydrogen-bond donors (Lipinski definition) is 1. The van der Waals surface area contributed by atoms with E-state index in [-0.39, 0.29) is 12.4 Å². The maximum Gasteiger partial charge on any atom is 0.308 e. The molecular weight excluding hydrogens is 196 g/mol. The lowest BCUT2D eigenvalue weighted by Gasteiger charge is -2.09. The summed E-state index contributed by atoms with van der Waals surface area (Å²) >= 11 is 0. The maximum absolute atomic E-state index is 11.1. The minimum absolute atomic E-state index is 0.0907. The fourth-order valence-corrected chi connectivity index (χ4v) is 1.15. The first-order valence-electron chi connectivity index (χ1n) is 5.53. The number of carbonyl (C=O) groups excluding carboxylic acids is 1. The van der Waals surface area contributed by atoms with Gasteiger partial charge in [0.25, 0.3) is 0 Å². The number of rotatable bonds is 9. The van der Waals surface area contributed by atoms with Crippen LogP contribution < -0.4 is 0 Å². The van der Waals surface area contributed by atoms with Crippen molar-refractivity contribution in [3.8, 4) is 0 Å². The van der Waals surface area contributed by atoms with Gasteiger partial charge in [-0.25, -0.2) is 0 Å². The van der Waals surface area contributed by atoms with Crippen LogP contribution in [-0.2, 0) is 14.3 Å². The van der Waals surface area contributed by atoms with E-state index in [1.807, 2.05) is 6.92 Å². The number of methoxy groups -OCH3 is 1. The Labute approximate surface area is 91.6 Å². The molecule has 90 valence electrons. The fraction of sp³-hybridized carbons (Fsp3) is 0.909. The third-order valence-electron chi connectivity index (χ3n) is 2.05. The van der Waals surface area contributed by atoms with E-state index in [1.165, 1.54) is 0 Å². The molecule has 0 aromatic heterocycles. The number of unbranched alkanes of at least 4 members (excludes halogenated alkanes) is 1. The van der Waals surface area contributed by atoms with Gasteiger partial charge in [-0.15, -0.1) is 0 Å². The van der Waals surface area contributed by atoms with Gasteiger partial charge in [-0.2, -0.15) is 0 Å². The zero-order valence-corrected chi connectivity index (χ0v) is 9.70. The van der Waals surface area contributed by atoms with Crippen LogP contribution in [0.5, 0.6) is 0 Å². The molecule has 4 nitrogen and oxygen atoms in total. The third kappa shape index (κ3) is 9.69. The van der Waals surface area contributed by atoms with Crippen molar-refractivity contribution in [2.24, 2.45) is 0 Å². The molecule has 15 heavy (non-hydrogen) atoms. The normalized spacial score (nSPS) is 12.5. The lowest BCUT2D eigenvalue weighted by Crippen LogP contribution is -2.16. The smallest absolute Gasteiger partial charge is 0.308 e. The molecule has 1 N–H and O–H groups in total. The fourth-order valence-electron chi connectivity index (χ4n) is 1.15. The molecule has 0 bridgehead atoms. The van der Waals surface area contributed by atoms with Gasteiger partial charge in [-0.3, -0.25) is 4.79 Å². The molecule has 0 amide bonds. The number of aliphatic hydroxyl groups is 1. The average molecular weight is 218 g/mol. The minimum atomic E-state index is -0.603. The molecular formula is C11H22O4. The summed E-state index contributed by atoms with van der Waals surface area (Å²) in [5.74, 6) is -0.312. The van der Waals surface area contributed by atoms with Gasteiger partial charge in [0.15, 0.2) is 0 Å². The summed E-state index contributed by atoms with van der Waals surface area (Å²) in [7, 11) is 1.62.